The maximum absolute atomic E-state index is 11.6. The molecule has 2 N–H and O–H groups in total. The van der Waals surface area contributed by atoms with Gasteiger partial charge in [-0.05, 0) is 33.5 Å². The Morgan fingerprint density at radius 2 is 1.85 bits per heavy atom. The lowest BCUT2D eigenvalue weighted by Crippen LogP contribution is -2.27. The summed E-state index contributed by atoms with van der Waals surface area (Å²) in [6, 6.07) is 0. The molecule has 7 heteroatoms. The molecule has 0 saturated carbocycles. The van der Waals surface area contributed by atoms with Crippen molar-refractivity contribution in [2.24, 2.45) is 5.73 Å². The van der Waals surface area contributed by atoms with Crippen LogP contribution in [0.4, 0.5) is 0 Å². The molecule has 0 aromatic rings. The molecule has 0 aromatic carbocycles. The van der Waals surface area contributed by atoms with Gasteiger partial charge >= 0.3 is 17.9 Å². The van der Waals surface area contributed by atoms with Crippen LogP contribution in [0.3, 0.4) is 0 Å². The minimum atomic E-state index is -0.683. The van der Waals surface area contributed by atoms with Crippen LogP contribution < -0.4 is 5.73 Å². The van der Waals surface area contributed by atoms with Crippen molar-refractivity contribution >= 4 is 17.9 Å². The van der Waals surface area contributed by atoms with E-state index in [-0.39, 0.29) is 12.8 Å². The first-order valence-electron chi connectivity index (χ1n) is 6.60. The third-order valence-electron chi connectivity index (χ3n) is 2.44. The maximum atomic E-state index is 11.6. The first-order chi connectivity index (χ1) is 9.35. The van der Waals surface area contributed by atoms with Crippen LogP contribution in [0.25, 0.3) is 0 Å². The Bertz CT molecular complexity index is 331. The summed E-state index contributed by atoms with van der Waals surface area (Å²) in [6.07, 6.45) is 0.378. The summed E-state index contributed by atoms with van der Waals surface area (Å²) < 4.78 is 9.67. The first-order valence-corrected chi connectivity index (χ1v) is 6.60. The highest BCUT2D eigenvalue weighted by Crippen LogP contribution is 2.08. The van der Waals surface area contributed by atoms with E-state index in [2.05, 4.69) is 4.74 Å². The number of hydrogen-bond acceptors (Lipinski definition) is 7. The van der Waals surface area contributed by atoms with E-state index in [1.807, 2.05) is 19.0 Å². The van der Waals surface area contributed by atoms with Crippen LogP contribution in [-0.4, -0.2) is 56.1 Å². The van der Waals surface area contributed by atoms with Crippen molar-refractivity contribution in [3.63, 3.8) is 0 Å². The second kappa shape index (κ2) is 10.3. The monoisotopic (exact) mass is 288 g/mol. The van der Waals surface area contributed by atoms with Gasteiger partial charge in [-0.15, -0.1) is 0 Å². The van der Waals surface area contributed by atoms with Crippen molar-refractivity contribution in [2.75, 3.05) is 27.2 Å². The Balaban J connectivity index is 4.22. The average Bonchev–Trinajstić information content (AvgIpc) is 2.32. The zero-order valence-corrected chi connectivity index (χ0v) is 12.4. The number of ether oxygens (including phenoxy) is 2. The third-order valence-corrected chi connectivity index (χ3v) is 2.44. The Labute approximate surface area is 119 Å². The van der Waals surface area contributed by atoms with Crippen LogP contribution in [-0.2, 0) is 23.9 Å². The van der Waals surface area contributed by atoms with E-state index in [0.717, 1.165) is 0 Å². The number of carbonyl (C=O) groups excluding carboxylic acids is 3. The van der Waals surface area contributed by atoms with Crippen molar-refractivity contribution in [1.82, 2.24) is 4.90 Å². The average molecular weight is 288 g/mol. The van der Waals surface area contributed by atoms with Crippen molar-refractivity contribution in [3.8, 4) is 0 Å². The molecule has 0 aliphatic rings. The molecule has 0 amide bonds. The fraction of sp³-hybridized carbons (Fsp3) is 0.769. The van der Waals surface area contributed by atoms with Crippen LogP contribution in [0.5, 0.6) is 0 Å². The van der Waals surface area contributed by atoms with Gasteiger partial charge in [0, 0.05) is 19.9 Å². The normalized spacial score (nSPS) is 12.1. The molecule has 0 radical (unpaired) electrons. The SMILES string of the molecule is CC(=O)O[C@@H](CCN(C)C)CC(=O)OC(=O)CCCN. The first kappa shape index (κ1) is 18.5. The largest absolute Gasteiger partial charge is 0.462 e. The second-order valence-electron chi connectivity index (χ2n) is 4.77. The lowest BCUT2D eigenvalue weighted by atomic mass is 10.2. The Hall–Kier alpha value is -1.47. The molecule has 20 heavy (non-hydrogen) atoms. The summed E-state index contributed by atoms with van der Waals surface area (Å²) in [5, 5.41) is 0. The summed E-state index contributed by atoms with van der Waals surface area (Å²) in [5.41, 5.74) is 5.26. The van der Waals surface area contributed by atoms with Crippen LogP contribution in [0.15, 0.2) is 0 Å². The van der Waals surface area contributed by atoms with E-state index in [0.29, 0.717) is 25.9 Å². The molecule has 0 aliphatic carbocycles. The minimum absolute atomic E-state index is 0.109. The van der Waals surface area contributed by atoms with Gasteiger partial charge in [0.2, 0.25) is 0 Å². The van der Waals surface area contributed by atoms with E-state index in [4.69, 9.17) is 10.5 Å². The standard InChI is InChI=1S/C13H24N2O5/c1-10(16)19-11(6-8-15(2)3)9-13(18)20-12(17)5-4-7-14/h11H,4-9,14H2,1-3H3/t11-/m0/s1. The number of rotatable bonds is 9. The fourth-order valence-electron chi connectivity index (χ4n) is 1.49. The van der Waals surface area contributed by atoms with Gasteiger partial charge < -0.3 is 20.1 Å². The smallest absolute Gasteiger partial charge is 0.317 e. The number of esters is 3. The molecule has 0 aromatic heterocycles. The van der Waals surface area contributed by atoms with Gasteiger partial charge in [0.05, 0.1) is 6.42 Å². The molecule has 0 aliphatic heterocycles. The molecule has 0 unspecified atom stereocenters. The van der Waals surface area contributed by atoms with Crippen LogP contribution in [0, 0.1) is 0 Å². The molecule has 7 nitrogen and oxygen atoms in total. The molecule has 0 fully saturated rings. The Morgan fingerprint density at radius 3 is 2.35 bits per heavy atom. The number of nitrogens with two attached hydrogens (primary N) is 1. The minimum Gasteiger partial charge on any atom is -0.462 e. The van der Waals surface area contributed by atoms with Gasteiger partial charge in [-0.3, -0.25) is 14.4 Å². The van der Waals surface area contributed by atoms with Gasteiger partial charge in [0.15, 0.2) is 0 Å². The van der Waals surface area contributed by atoms with E-state index in [1.54, 1.807) is 0 Å². The van der Waals surface area contributed by atoms with Gasteiger partial charge in [0.1, 0.15) is 6.10 Å². The Kier molecular flexibility index (Phi) is 9.57. The van der Waals surface area contributed by atoms with Crippen molar-refractivity contribution in [1.29, 1.82) is 0 Å². The summed E-state index contributed by atoms with van der Waals surface area (Å²) in [4.78, 5) is 35.7. The van der Waals surface area contributed by atoms with E-state index in [9.17, 15) is 14.4 Å². The predicted molar refractivity (Wildman–Crippen MR) is 72.7 cm³/mol. The topological polar surface area (TPSA) is 98.9 Å². The van der Waals surface area contributed by atoms with Crippen molar-refractivity contribution in [3.05, 3.63) is 0 Å². The zero-order chi connectivity index (χ0) is 15.5. The number of nitrogens with zero attached hydrogens (tertiary/aromatic N) is 1. The van der Waals surface area contributed by atoms with Crippen LogP contribution >= 0.6 is 0 Å². The van der Waals surface area contributed by atoms with Crippen molar-refractivity contribution in [2.45, 2.75) is 38.7 Å². The highest BCUT2D eigenvalue weighted by Gasteiger charge is 2.20. The van der Waals surface area contributed by atoms with Crippen molar-refractivity contribution < 1.29 is 23.9 Å². The summed E-state index contributed by atoms with van der Waals surface area (Å²) >= 11 is 0. The number of hydrogen-bond donors (Lipinski definition) is 1. The molecule has 1 atom stereocenters. The van der Waals surface area contributed by atoms with Crippen LogP contribution in [0.2, 0.25) is 0 Å². The van der Waals surface area contributed by atoms with E-state index < -0.39 is 24.0 Å². The zero-order valence-electron chi connectivity index (χ0n) is 12.4. The predicted octanol–water partition coefficient (Wildman–Crippen LogP) is 0.0686. The Morgan fingerprint density at radius 1 is 1.20 bits per heavy atom. The lowest BCUT2D eigenvalue weighted by molar-refractivity contribution is -0.162. The summed E-state index contributed by atoms with van der Waals surface area (Å²) in [7, 11) is 3.75. The van der Waals surface area contributed by atoms with Gasteiger partial charge in [-0.1, -0.05) is 0 Å². The molecule has 0 rings (SSSR count). The molecule has 0 saturated heterocycles. The molecule has 0 spiro atoms. The van der Waals surface area contributed by atoms with Crippen LogP contribution in [0.1, 0.15) is 32.6 Å². The maximum Gasteiger partial charge on any atom is 0.317 e. The molecular weight excluding hydrogens is 264 g/mol. The summed E-state index contributed by atoms with van der Waals surface area (Å²) in [5.74, 6) is -1.75. The van der Waals surface area contributed by atoms with Gasteiger partial charge in [-0.2, -0.15) is 0 Å². The van der Waals surface area contributed by atoms with E-state index in [1.165, 1.54) is 6.92 Å². The molecule has 116 valence electrons. The third kappa shape index (κ3) is 10.5. The molecular formula is C13H24N2O5. The highest BCUT2D eigenvalue weighted by atomic mass is 16.6. The van der Waals surface area contributed by atoms with Gasteiger partial charge in [0.25, 0.3) is 0 Å². The summed E-state index contributed by atoms with van der Waals surface area (Å²) in [6.45, 7) is 2.30. The number of carbonyl (C=O) groups is 3. The lowest BCUT2D eigenvalue weighted by Gasteiger charge is -2.18. The highest BCUT2D eigenvalue weighted by molar-refractivity contribution is 5.85. The molecule has 0 bridgehead atoms. The quantitative estimate of drug-likeness (QED) is 0.473. The van der Waals surface area contributed by atoms with E-state index >= 15 is 0 Å². The second-order valence-corrected chi connectivity index (χ2v) is 4.77. The van der Waals surface area contributed by atoms with Gasteiger partial charge in [-0.25, -0.2) is 0 Å². The molecule has 0 heterocycles. The fourth-order valence-corrected chi connectivity index (χ4v) is 1.49.